The van der Waals surface area contributed by atoms with Gasteiger partial charge in [0.05, 0.1) is 20.1 Å². The van der Waals surface area contributed by atoms with Crippen LogP contribution in [0.3, 0.4) is 0 Å². The summed E-state index contributed by atoms with van der Waals surface area (Å²) in [5.41, 5.74) is 3.49. The third-order valence-electron chi connectivity index (χ3n) is 4.76. The minimum absolute atomic E-state index is 0.777. The van der Waals surface area contributed by atoms with Crippen molar-refractivity contribution in [1.29, 1.82) is 0 Å². The minimum Gasteiger partial charge on any atom is -0.297 e. The Bertz CT molecular complexity index is 339. The maximum Gasteiger partial charge on any atom is 0.115 e. The second-order valence-corrected chi connectivity index (χ2v) is 5.82. The first-order valence-electron chi connectivity index (χ1n) is 6.47. The molecular weight excluding hydrogens is 182 g/mol. The van der Waals surface area contributed by atoms with Gasteiger partial charge >= 0.3 is 0 Å². The van der Waals surface area contributed by atoms with E-state index >= 15 is 0 Å². The van der Waals surface area contributed by atoms with Gasteiger partial charge in [-0.1, -0.05) is 19.1 Å². The zero-order chi connectivity index (χ0) is 10.5. The van der Waals surface area contributed by atoms with Gasteiger partial charge in [-0.25, -0.2) is 0 Å². The number of nitrogens with zero attached hydrogens (tertiary/aromatic N) is 1. The molecule has 0 aromatic heterocycles. The molecule has 3 atom stereocenters. The fraction of sp³-hybridized carbons (Fsp3) is 0.714. The van der Waals surface area contributed by atoms with E-state index in [0.29, 0.717) is 0 Å². The van der Waals surface area contributed by atoms with Crippen molar-refractivity contribution in [2.24, 2.45) is 11.8 Å². The van der Waals surface area contributed by atoms with Gasteiger partial charge < -0.3 is 0 Å². The Balaban J connectivity index is 2.10. The number of piperidine rings is 1. The van der Waals surface area contributed by atoms with Crippen molar-refractivity contribution in [1.82, 2.24) is 0 Å². The molecule has 3 unspecified atom stereocenters. The lowest BCUT2D eigenvalue weighted by Crippen LogP contribution is -2.53. The van der Waals surface area contributed by atoms with Crippen LogP contribution in [0.25, 0.3) is 0 Å². The Labute approximate surface area is 93.1 Å². The highest BCUT2D eigenvalue weighted by Gasteiger charge is 2.44. The van der Waals surface area contributed by atoms with Crippen LogP contribution in [0.2, 0.25) is 0 Å². The summed E-state index contributed by atoms with van der Waals surface area (Å²) in [7, 11) is 2.46. The first kappa shape index (κ1) is 9.65. The largest absolute Gasteiger partial charge is 0.297 e. The molecule has 0 amide bonds. The molecule has 0 saturated carbocycles. The Morgan fingerprint density at radius 2 is 2.07 bits per heavy atom. The maximum atomic E-state index is 2.46. The Morgan fingerprint density at radius 3 is 2.93 bits per heavy atom. The lowest BCUT2D eigenvalue weighted by atomic mass is 9.75. The van der Waals surface area contributed by atoms with Crippen molar-refractivity contribution in [3.63, 3.8) is 0 Å². The van der Waals surface area contributed by atoms with Crippen LogP contribution in [0.1, 0.15) is 32.6 Å². The summed E-state index contributed by atoms with van der Waals surface area (Å²) >= 11 is 0. The van der Waals surface area contributed by atoms with Gasteiger partial charge in [0.25, 0.3) is 0 Å². The average molecular weight is 204 g/mol. The van der Waals surface area contributed by atoms with Gasteiger partial charge in [-0.15, -0.1) is 0 Å². The number of rotatable bonds is 0. The van der Waals surface area contributed by atoms with E-state index in [1.54, 1.807) is 5.57 Å². The van der Waals surface area contributed by atoms with Gasteiger partial charge in [0.2, 0.25) is 0 Å². The van der Waals surface area contributed by atoms with Crippen molar-refractivity contribution >= 4 is 0 Å². The predicted octanol–water partition coefficient (Wildman–Crippen LogP) is 3.10. The molecule has 2 aliphatic heterocycles. The molecule has 1 heteroatoms. The number of quaternary nitrogens is 1. The highest BCUT2D eigenvalue weighted by molar-refractivity contribution is 5.31. The van der Waals surface area contributed by atoms with Gasteiger partial charge in [-0.3, -0.25) is 4.48 Å². The summed E-state index contributed by atoms with van der Waals surface area (Å²) in [6.07, 6.45) is 10.5. The molecular formula is C14H22N+. The summed E-state index contributed by atoms with van der Waals surface area (Å²) in [5, 5.41) is 0. The molecule has 15 heavy (non-hydrogen) atoms. The van der Waals surface area contributed by atoms with Crippen LogP contribution < -0.4 is 0 Å². The van der Waals surface area contributed by atoms with Crippen molar-refractivity contribution in [2.75, 3.05) is 20.1 Å². The van der Waals surface area contributed by atoms with Crippen LogP contribution in [-0.2, 0) is 0 Å². The highest BCUT2D eigenvalue weighted by Crippen LogP contribution is 2.45. The fourth-order valence-corrected chi connectivity index (χ4v) is 3.96. The number of hydrogen-bond acceptors (Lipinski definition) is 0. The molecule has 82 valence electrons. The van der Waals surface area contributed by atoms with E-state index in [1.165, 1.54) is 43.3 Å². The van der Waals surface area contributed by atoms with Gasteiger partial charge in [0, 0.05) is 17.9 Å². The lowest BCUT2D eigenvalue weighted by molar-refractivity contribution is -0.884. The first-order chi connectivity index (χ1) is 7.21. The normalized spacial score (nSPS) is 44.1. The predicted molar refractivity (Wildman–Crippen MR) is 63.2 cm³/mol. The third kappa shape index (κ3) is 1.32. The van der Waals surface area contributed by atoms with Crippen molar-refractivity contribution < 1.29 is 4.48 Å². The van der Waals surface area contributed by atoms with Gasteiger partial charge in [-0.2, -0.15) is 0 Å². The fourth-order valence-electron chi connectivity index (χ4n) is 3.96. The molecule has 0 N–H and O–H groups in total. The van der Waals surface area contributed by atoms with Crippen LogP contribution in [0.4, 0.5) is 0 Å². The topological polar surface area (TPSA) is 0 Å². The zero-order valence-electron chi connectivity index (χ0n) is 10.00. The molecule has 3 rings (SSSR count). The molecule has 2 heterocycles. The van der Waals surface area contributed by atoms with Gasteiger partial charge in [-0.05, 0) is 25.2 Å². The van der Waals surface area contributed by atoms with E-state index in [0.717, 1.165) is 11.8 Å². The van der Waals surface area contributed by atoms with E-state index in [1.807, 2.05) is 5.70 Å². The number of allylic oxidation sites excluding steroid dienone is 4. The van der Waals surface area contributed by atoms with Crippen molar-refractivity contribution in [3.05, 3.63) is 23.4 Å². The second-order valence-electron chi connectivity index (χ2n) is 5.82. The quantitative estimate of drug-likeness (QED) is 0.532. The molecule has 0 aromatic carbocycles. The summed E-state index contributed by atoms with van der Waals surface area (Å²) in [5.74, 6) is 1.64. The maximum absolute atomic E-state index is 2.46. The summed E-state index contributed by atoms with van der Waals surface area (Å²) in [4.78, 5) is 0. The SMILES string of the molecule is CC1C=CC2=C3C1CCC[N+]3(C)CCC2. The third-order valence-corrected chi connectivity index (χ3v) is 4.76. The Hall–Kier alpha value is -0.560. The van der Waals surface area contributed by atoms with Crippen molar-refractivity contribution in [2.45, 2.75) is 32.6 Å². The lowest BCUT2D eigenvalue weighted by Gasteiger charge is -2.49. The van der Waals surface area contributed by atoms with E-state index in [-0.39, 0.29) is 0 Å². The minimum atomic E-state index is 0.777. The zero-order valence-corrected chi connectivity index (χ0v) is 10.00. The molecule has 1 fully saturated rings. The van der Waals surface area contributed by atoms with E-state index in [9.17, 15) is 0 Å². The van der Waals surface area contributed by atoms with Gasteiger partial charge in [0.1, 0.15) is 5.70 Å². The average Bonchev–Trinajstić information content (AvgIpc) is 2.23. The van der Waals surface area contributed by atoms with Crippen LogP contribution >= 0.6 is 0 Å². The summed E-state index contributed by atoms with van der Waals surface area (Å²) in [6.45, 7) is 5.17. The van der Waals surface area contributed by atoms with E-state index in [2.05, 4.69) is 26.1 Å². The number of hydrogen-bond donors (Lipinski definition) is 0. The molecule has 1 nitrogen and oxygen atoms in total. The van der Waals surface area contributed by atoms with Crippen LogP contribution in [-0.4, -0.2) is 24.6 Å². The standard InChI is InChI=1S/C14H22N/c1-11-7-8-12-5-3-9-15(2)10-4-6-13(11)14(12)15/h7-8,11,13H,3-6,9-10H2,1-2H3/q+1. The van der Waals surface area contributed by atoms with E-state index in [4.69, 9.17) is 0 Å². The molecule has 0 spiro atoms. The van der Waals surface area contributed by atoms with E-state index < -0.39 is 0 Å². The van der Waals surface area contributed by atoms with Crippen LogP contribution in [0, 0.1) is 11.8 Å². The molecule has 0 radical (unpaired) electrons. The summed E-state index contributed by atoms with van der Waals surface area (Å²) in [6, 6.07) is 0. The first-order valence-corrected chi connectivity index (χ1v) is 6.47. The van der Waals surface area contributed by atoms with Crippen molar-refractivity contribution in [3.8, 4) is 0 Å². The Kier molecular flexibility index (Phi) is 2.07. The molecule has 3 aliphatic rings. The van der Waals surface area contributed by atoms with Gasteiger partial charge in [0.15, 0.2) is 0 Å². The highest BCUT2D eigenvalue weighted by atomic mass is 15.4. The van der Waals surface area contributed by atoms with Crippen LogP contribution in [0.15, 0.2) is 23.4 Å². The Morgan fingerprint density at radius 1 is 1.27 bits per heavy atom. The smallest absolute Gasteiger partial charge is 0.115 e. The molecule has 1 aliphatic carbocycles. The molecule has 0 bridgehead atoms. The molecule has 0 aromatic rings. The monoisotopic (exact) mass is 204 g/mol. The summed E-state index contributed by atoms with van der Waals surface area (Å²) < 4.78 is 1.27. The molecule has 1 saturated heterocycles. The second kappa shape index (κ2) is 3.21. The van der Waals surface area contributed by atoms with Crippen LogP contribution in [0.5, 0.6) is 0 Å².